The highest BCUT2D eigenvalue weighted by atomic mass is 16.7. The Bertz CT molecular complexity index is 907. The van der Waals surface area contributed by atoms with Crippen molar-refractivity contribution in [2.75, 3.05) is 6.79 Å². The van der Waals surface area contributed by atoms with Gasteiger partial charge < -0.3 is 9.47 Å². The van der Waals surface area contributed by atoms with E-state index in [0.717, 1.165) is 40.7 Å². The summed E-state index contributed by atoms with van der Waals surface area (Å²) in [4.78, 5) is 9.51. The van der Waals surface area contributed by atoms with E-state index in [1.54, 1.807) is 0 Å². The van der Waals surface area contributed by atoms with E-state index < -0.39 is 0 Å². The maximum atomic E-state index is 5.46. The predicted molar refractivity (Wildman–Crippen MR) is 96.1 cm³/mol. The fraction of sp³-hybridized carbons (Fsp3) is 0.238. The Morgan fingerprint density at radius 2 is 1.64 bits per heavy atom. The first-order chi connectivity index (χ1) is 12.2. The van der Waals surface area contributed by atoms with Crippen LogP contribution >= 0.6 is 0 Å². The van der Waals surface area contributed by atoms with Crippen LogP contribution < -0.4 is 9.47 Å². The molecule has 1 aliphatic heterocycles. The summed E-state index contributed by atoms with van der Waals surface area (Å²) < 4.78 is 10.8. The van der Waals surface area contributed by atoms with Gasteiger partial charge in [0, 0.05) is 18.5 Å². The Morgan fingerprint density at radius 1 is 0.840 bits per heavy atom. The average Bonchev–Trinajstić information content (AvgIpc) is 3.08. The van der Waals surface area contributed by atoms with Gasteiger partial charge in [-0.3, -0.25) is 0 Å². The van der Waals surface area contributed by atoms with Gasteiger partial charge in [0.1, 0.15) is 5.82 Å². The van der Waals surface area contributed by atoms with Gasteiger partial charge in [-0.25, -0.2) is 9.97 Å². The SMILES string of the molecule is Cc1nc(Cc2ccc3c(c2)OCO3)nc(Cc2ccccc2)c1C. The first kappa shape index (κ1) is 15.6. The lowest BCUT2D eigenvalue weighted by atomic mass is 10.0. The molecule has 0 spiro atoms. The summed E-state index contributed by atoms with van der Waals surface area (Å²) >= 11 is 0. The third-order valence-corrected chi connectivity index (χ3v) is 4.55. The fourth-order valence-electron chi connectivity index (χ4n) is 3.02. The van der Waals surface area contributed by atoms with Crippen molar-refractivity contribution in [3.63, 3.8) is 0 Å². The Morgan fingerprint density at radius 3 is 2.48 bits per heavy atom. The molecular weight excluding hydrogens is 312 g/mol. The molecule has 1 aliphatic rings. The number of nitrogens with zero attached hydrogens (tertiary/aromatic N) is 2. The minimum absolute atomic E-state index is 0.292. The van der Waals surface area contributed by atoms with E-state index in [4.69, 9.17) is 14.5 Å². The smallest absolute Gasteiger partial charge is 0.231 e. The van der Waals surface area contributed by atoms with Crippen molar-refractivity contribution in [1.82, 2.24) is 9.97 Å². The molecule has 1 aromatic heterocycles. The van der Waals surface area contributed by atoms with E-state index in [-0.39, 0.29) is 0 Å². The molecule has 0 amide bonds. The Balaban J connectivity index is 1.62. The van der Waals surface area contributed by atoms with Gasteiger partial charge in [-0.15, -0.1) is 0 Å². The van der Waals surface area contributed by atoms with Crippen molar-refractivity contribution < 1.29 is 9.47 Å². The van der Waals surface area contributed by atoms with Gasteiger partial charge in [-0.2, -0.15) is 0 Å². The summed E-state index contributed by atoms with van der Waals surface area (Å²) in [7, 11) is 0. The molecule has 0 radical (unpaired) electrons. The summed E-state index contributed by atoms with van der Waals surface area (Å²) in [6.07, 6.45) is 1.50. The van der Waals surface area contributed by atoms with Crippen LogP contribution in [0.1, 0.15) is 33.9 Å². The molecule has 25 heavy (non-hydrogen) atoms. The van der Waals surface area contributed by atoms with Gasteiger partial charge in [0.15, 0.2) is 11.5 Å². The second-order valence-electron chi connectivity index (χ2n) is 6.32. The van der Waals surface area contributed by atoms with Gasteiger partial charge in [0.2, 0.25) is 6.79 Å². The normalized spacial score (nSPS) is 12.4. The van der Waals surface area contributed by atoms with E-state index in [1.807, 2.05) is 24.3 Å². The Kier molecular flexibility index (Phi) is 4.10. The molecule has 3 aromatic rings. The molecule has 0 bridgehead atoms. The quantitative estimate of drug-likeness (QED) is 0.724. The van der Waals surface area contributed by atoms with Crippen LogP contribution in [0, 0.1) is 13.8 Å². The minimum Gasteiger partial charge on any atom is -0.454 e. The van der Waals surface area contributed by atoms with Crippen LogP contribution in [-0.4, -0.2) is 16.8 Å². The lowest BCUT2D eigenvalue weighted by Gasteiger charge is -2.11. The highest BCUT2D eigenvalue weighted by molar-refractivity contribution is 5.45. The van der Waals surface area contributed by atoms with Crippen LogP contribution in [0.3, 0.4) is 0 Å². The number of fused-ring (bicyclic) bond motifs is 1. The molecular formula is C21H20N2O2. The Labute approximate surface area is 147 Å². The van der Waals surface area contributed by atoms with Gasteiger partial charge in [0.05, 0.1) is 5.69 Å². The number of aromatic nitrogens is 2. The molecule has 0 saturated heterocycles. The maximum Gasteiger partial charge on any atom is 0.231 e. The van der Waals surface area contributed by atoms with Gasteiger partial charge in [-0.1, -0.05) is 36.4 Å². The second kappa shape index (κ2) is 6.55. The molecule has 4 rings (SSSR count). The lowest BCUT2D eigenvalue weighted by molar-refractivity contribution is 0.174. The zero-order chi connectivity index (χ0) is 17.2. The van der Waals surface area contributed by atoms with Crippen molar-refractivity contribution >= 4 is 0 Å². The number of ether oxygens (including phenoxy) is 2. The van der Waals surface area contributed by atoms with E-state index in [0.29, 0.717) is 13.2 Å². The fourth-order valence-corrected chi connectivity index (χ4v) is 3.02. The molecule has 2 aromatic carbocycles. The number of hydrogen-bond donors (Lipinski definition) is 0. The highest BCUT2D eigenvalue weighted by Crippen LogP contribution is 2.33. The average molecular weight is 332 g/mol. The van der Waals surface area contributed by atoms with Crippen molar-refractivity contribution in [3.05, 3.63) is 82.4 Å². The van der Waals surface area contributed by atoms with Crippen molar-refractivity contribution in [3.8, 4) is 11.5 Å². The van der Waals surface area contributed by atoms with Crippen LogP contribution in [0.2, 0.25) is 0 Å². The van der Waals surface area contributed by atoms with E-state index >= 15 is 0 Å². The van der Waals surface area contributed by atoms with Gasteiger partial charge in [0.25, 0.3) is 0 Å². The first-order valence-corrected chi connectivity index (χ1v) is 8.44. The number of rotatable bonds is 4. The summed E-state index contributed by atoms with van der Waals surface area (Å²) in [6, 6.07) is 16.4. The molecule has 0 saturated carbocycles. The topological polar surface area (TPSA) is 44.2 Å². The van der Waals surface area contributed by atoms with Gasteiger partial charge >= 0.3 is 0 Å². The zero-order valence-electron chi connectivity index (χ0n) is 14.5. The third kappa shape index (κ3) is 3.33. The van der Waals surface area contributed by atoms with Crippen LogP contribution in [-0.2, 0) is 12.8 Å². The minimum atomic E-state index is 0.292. The third-order valence-electron chi connectivity index (χ3n) is 4.55. The number of aryl methyl sites for hydroxylation is 1. The predicted octanol–water partition coefficient (Wildman–Crippen LogP) is 4.00. The second-order valence-corrected chi connectivity index (χ2v) is 6.32. The van der Waals surface area contributed by atoms with E-state index in [9.17, 15) is 0 Å². The standard InChI is InChI=1S/C21H20N2O2/c1-14-15(2)22-21(23-18(14)10-16-6-4-3-5-7-16)12-17-8-9-19-20(11-17)25-13-24-19/h3-9,11H,10,12-13H2,1-2H3. The van der Waals surface area contributed by atoms with Crippen molar-refractivity contribution in [1.29, 1.82) is 0 Å². The monoisotopic (exact) mass is 332 g/mol. The highest BCUT2D eigenvalue weighted by Gasteiger charge is 2.15. The molecule has 126 valence electrons. The molecule has 0 fully saturated rings. The van der Waals surface area contributed by atoms with Crippen molar-refractivity contribution in [2.45, 2.75) is 26.7 Å². The van der Waals surface area contributed by atoms with Crippen LogP contribution in [0.25, 0.3) is 0 Å². The molecule has 0 atom stereocenters. The maximum absolute atomic E-state index is 5.46. The number of hydrogen-bond acceptors (Lipinski definition) is 4. The zero-order valence-corrected chi connectivity index (χ0v) is 14.5. The molecule has 0 aliphatic carbocycles. The van der Waals surface area contributed by atoms with Crippen LogP contribution in [0.4, 0.5) is 0 Å². The first-order valence-electron chi connectivity index (χ1n) is 8.44. The van der Waals surface area contributed by atoms with E-state index in [2.05, 4.69) is 43.1 Å². The van der Waals surface area contributed by atoms with Crippen LogP contribution in [0.15, 0.2) is 48.5 Å². The molecule has 0 N–H and O–H groups in total. The van der Waals surface area contributed by atoms with Crippen molar-refractivity contribution in [2.24, 2.45) is 0 Å². The summed E-state index contributed by atoms with van der Waals surface area (Å²) in [5.74, 6) is 2.44. The van der Waals surface area contributed by atoms with Gasteiger partial charge in [-0.05, 0) is 42.7 Å². The largest absolute Gasteiger partial charge is 0.454 e. The Hall–Kier alpha value is -2.88. The van der Waals surface area contributed by atoms with E-state index in [1.165, 1.54) is 11.1 Å². The molecule has 0 unspecified atom stereocenters. The molecule has 4 heteroatoms. The molecule has 4 nitrogen and oxygen atoms in total. The summed E-state index contributed by atoms with van der Waals surface area (Å²) in [5, 5.41) is 0. The molecule has 2 heterocycles. The lowest BCUT2D eigenvalue weighted by Crippen LogP contribution is -2.07. The summed E-state index contributed by atoms with van der Waals surface area (Å²) in [6.45, 7) is 4.44. The van der Waals surface area contributed by atoms with Crippen LogP contribution in [0.5, 0.6) is 11.5 Å². The number of benzene rings is 2. The summed E-state index contributed by atoms with van der Waals surface area (Å²) in [5.41, 5.74) is 5.68.